The van der Waals surface area contributed by atoms with Crippen molar-refractivity contribution >= 4 is 38.8 Å². The van der Waals surface area contributed by atoms with E-state index in [0.717, 1.165) is 56.2 Å². The van der Waals surface area contributed by atoms with Crippen molar-refractivity contribution in [1.29, 1.82) is 0 Å². The van der Waals surface area contributed by atoms with Crippen LogP contribution in [0.3, 0.4) is 0 Å². The minimum Gasteiger partial charge on any atom is -0.494 e. The molecule has 0 amide bonds. The lowest BCUT2D eigenvalue weighted by molar-refractivity contribution is -0.170. The first-order valence-electron chi connectivity index (χ1n) is 13.4. The summed E-state index contributed by atoms with van der Waals surface area (Å²) in [6.07, 6.45) is 5.88. The average molecular weight is 608 g/mol. The number of aliphatic carboxylic acids is 1. The molecule has 2 heterocycles. The molecule has 0 atom stereocenters. The van der Waals surface area contributed by atoms with Gasteiger partial charge in [-0.25, -0.2) is 4.79 Å². The van der Waals surface area contributed by atoms with E-state index in [4.69, 9.17) is 13.7 Å². The molecule has 1 aliphatic rings. The zero-order valence-corrected chi connectivity index (χ0v) is 25.3. The molecule has 1 aliphatic carbocycles. The summed E-state index contributed by atoms with van der Waals surface area (Å²) < 4.78 is 39.3. The standard InChI is InChI=1S/C29H37NO7S3/c1-30(17-5-18-35-24-12-8-22(9-13-24)16-19-36-40(2,33)34)23-10-14-25(15-11-23)37-29(28(31)32,26-6-3-20-38-26)27-7-4-21-39-27/h3-4,6-9,12-13,20-21,23,25H,5,10-11,14-19H2,1-2H3,(H,31,32). The summed E-state index contributed by atoms with van der Waals surface area (Å²) in [7, 11) is -1.28. The first-order chi connectivity index (χ1) is 19.2. The van der Waals surface area contributed by atoms with E-state index in [-0.39, 0.29) is 12.7 Å². The maximum absolute atomic E-state index is 12.6. The Balaban J connectivity index is 1.20. The summed E-state index contributed by atoms with van der Waals surface area (Å²) in [5.41, 5.74) is -0.465. The Bertz CT molecular complexity index is 1250. The molecule has 218 valence electrons. The van der Waals surface area contributed by atoms with Crippen molar-refractivity contribution in [2.45, 2.75) is 56.3 Å². The number of rotatable bonds is 15. The van der Waals surface area contributed by atoms with Gasteiger partial charge in [0.1, 0.15) is 5.75 Å². The van der Waals surface area contributed by atoms with Crippen LogP contribution in [-0.2, 0) is 35.9 Å². The van der Waals surface area contributed by atoms with Gasteiger partial charge in [0, 0.05) is 12.6 Å². The minimum atomic E-state index is -3.42. The van der Waals surface area contributed by atoms with Gasteiger partial charge >= 0.3 is 5.97 Å². The predicted octanol–water partition coefficient (Wildman–Crippen LogP) is 5.39. The number of carboxylic acids is 1. The fraction of sp³-hybridized carbons (Fsp3) is 0.483. The van der Waals surface area contributed by atoms with Gasteiger partial charge in [-0.3, -0.25) is 4.18 Å². The molecule has 0 bridgehead atoms. The lowest BCUT2D eigenvalue weighted by Gasteiger charge is -2.38. The average Bonchev–Trinajstić information content (AvgIpc) is 3.66. The highest BCUT2D eigenvalue weighted by Gasteiger charge is 2.48. The van der Waals surface area contributed by atoms with Gasteiger partial charge in [-0.15, -0.1) is 22.7 Å². The molecule has 1 N–H and O–H groups in total. The second-order valence-electron chi connectivity index (χ2n) is 10.1. The topological polar surface area (TPSA) is 102 Å². The molecule has 0 unspecified atom stereocenters. The Labute approximate surface area is 244 Å². The number of hydrogen-bond acceptors (Lipinski definition) is 9. The normalized spacial score (nSPS) is 18.2. The lowest BCUT2D eigenvalue weighted by atomic mass is 9.90. The van der Waals surface area contributed by atoms with Crippen LogP contribution in [0, 0.1) is 0 Å². The van der Waals surface area contributed by atoms with Crippen LogP contribution in [-0.4, -0.2) is 69.6 Å². The molecule has 0 spiro atoms. The van der Waals surface area contributed by atoms with Crippen molar-refractivity contribution in [3.8, 4) is 5.75 Å². The van der Waals surface area contributed by atoms with Gasteiger partial charge in [-0.2, -0.15) is 8.42 Å². The van der Waals surface area contributed by atoms with Crippen molar-refractivity contribution in [1.82, 2.24) is 4.90 Å². The van der Waals surface area contributed by atoms with Crippen LogP contribution >= 0.6 is 22.7 Å². The fourth-order valence-electron chi connectivity index (χ4n) is 5.06. The molecule has 0 radical (unpaired) electrons. The summed E-state index contributed by atoms with van der Waals surface area (Å²) in [5, 5.41) is 14.2. The predicted molar refractivity (Wildman–Crippen MR) is 158 cm³/mol. The first kappa shape index (κ1) is 30.7. The third kappa shape index (κ3) is 8.14. The summed E-state index contributed by atoms with van der Waals surface area (Å²) in [6, 6.07) is 15.5. The number of carbonyl (C=O) groups is 1. The van der Waals surface area contributed by atoms with Crippen molar-refractivity contribution in [2.24, 2.45) is 0 Å². The van der Waals surface area contributed by atoms with Gasteiger partial charge in [-0.1, -0.05) is 24.3 Å². The molecule has 0 saturated heterocycles. The van der Waals surface area contributed by atoms with Crippen LogP contribution in [0.1, 0.15) is 47.4 Å². The SMILES string of the molecule is CN(CCCOc1ccc(CCOS(C)(=O)=O)cc1)C1CCC(OC(C(=O)O)(c2cccs2)c2cccs2)CC1. The van der Waals surface area contributed by atoms with E-state index >= 15 is 0 Å². The molecule has 2 aromatic heterocycles. The number of thiophene rings is 2. The number of benzene rings is 1. The summed E-state index contributed by atoms with van der Waals surface area (Å²) in [6.45, 7) is 1.63. The largest absolute Gasteiger partial charge is 0.494 e. The molecule has 11 heteroatoms. The monoisotopic (exact) mass is 607 g/mol. The van der Waals surface area contributed by atoms with Crippen LogP contribution in [0.25, 0.3) is 0 Å². The summed E-state index contributed by atoms with van der Waals surface area (Å²) >= 11 is 2.84. The van der Waals surface area contributed by atoms with E-state index < -0.39 is 21.7 Å². The Hall–Kier alpha value is -2.28. The number of hydrogen-bond donors (Lipinski definition) is 1. The Morgan fingerprint density at radius 2 is 1.62 bits per heavy atom. The highest BCUT2D eigenvalue weighted by molar-refractivity contribution is 7.85. The molecule has 0 aliphatic heterocycles. The van der Waals surface area contributed by atoms with Gasteiger partial charge in [0.25, 0.3) is 10.1 Å². The maximum atomic E-state index is 12.6. The number of ether oxygens (including phenoxy) is 2. The maximum Gasteiger partial charge on any atom is 0.347 e. The Morgan fingerprint density at radius 1 is 1.00 bits per heavy atom. The van der Waals surface area contributed by atoms with Gasteiger partial charge < -0.3 is 19.5 Å². The number of carboxylic acid groups (broad SMARTS) is 1. The van der Waals surface area contributed by atoms with Crippen LogP contribution in [0.15, 0.2) is 59.3 Å². The third-order valence-corrected chi connectivity index (χ3v) is 9.72. The quantitative estimate of drug-likeness (QED) is 0.181. The molecule has 1 aromatic carbocycles. The smallest absolute Gasteiger partial charge is 0.347 e. The number of nitrogens with zero attached hydrogens (tertiary/aromatic N) is 1. The minimum absolute atomic E-state index is 0.116. The van der Waals surface area contributed by atoms with Gasteiger partial charge in [0.2, 0.25) is 5.60 Å². The Morgan fingerprint density at radius 3 is 2.15 bits per heavy atom. The molecular formula is C29H37NO7S3. The molecular weight excluding hydrogens is 571 g/mol. The van der Waals surface area contributed by atoms with Crippen molar-refractivity contribution in [3.05, 3.63) is 74.6 Å². The lowest BCUT2D eigenvalue weighted by Crippen LogP contribution is -2.44. The Kier molecular flexibility index (Phi) is 10.8. The van der Waals surface area contributed by atoms with Crippen LogP contribution in [0.5, 0.6) is 5.75 Å². The van der Waals surface area contributed by atoms with Gasteiger partial charge in [-0.05, 0) is 86.2 Å². The summed E-state index contributed by atoms with van der Waals surface area (Å²) in [4.78, 5) is 16.4. The first-order valence-corrected chi connectivity index (χ1v) is 17.0. The molecule has 1 saturated carbocycles. The summed E-state index contributed by atoms with van der Waals surface area (Å²) in [5.74, 6) is -0.182. The van der Waals surface area contributed by atoms with Crippen LogP contribution in [0.4, 0.5) is 0 Å². The third-order valence-electron chi connectivity index (χ3n) is 7.18. The molecule has 4 rings (SSSR count). The van der Waals surface area contributed by atoms with E-state index in [9.17, 15) is 18.3 Å². The molecule has 3 aromatic rings. The second-order valence-corrected chi connectivity index (χ2v) is 13.6. The highest BCUT2D eigenvalue weighted by Crippen LogP contribution is 2.42. The van der Waals surface area contributed by atoms with E-state index in [1.165, 1.54) is 22.7 Å². The molecule has 40 heavy (non-hydrogen) atoms. The van der Waals surface area contributed by atoms with Gasteiger partial charge in [0.05, 0.1) is 35.3 Å². The zero-order chi connectivity index (χ0) is 28.6. The highest BCUT2D eigenvalue weighted by atomic mass is 32.2. The van der Waals surface area contributed by atoms with Crippen molar-refractivity contribution in [3.63, 3.8) is 0 Å². The molecule has 1 fully saturated rings. The van der Waals surface area contributed by atoms with Crippen molar-refractivity contribution in [2.75, 3.05) is 33.1 Å². The van der Waals surface area contributed by atoms with Crippen molar-refractivity contribution < 1.29 is 32.0 Å². The van der Waals surface area contributed by atoms with Crippen LogP contribution in [0.2, 0.25) is 0 Å². The van der Waals surface area contributed by atoms with E-state index in [2.05, 4.69) is 11.9 Å². The van der Waals surface area contributed by atoms with Gasteiger partial charge in [0.15, 0.2) is 0 Å². The van der Waals surface area contributed by atoms with E-state index in [0.29, 0.717) is 28.8 Å². The van der Waals surface area contributed by atoms with E-state index in [1.54, 1.807) is 0 Å². The van der Waals surface area contributed by atoms with E-state index in [1.807, 2.05) is 59.3 Å². The second kappa shape index (κ2) is 14.1. The molecule has 8 nitrogen and oxygen atoms in total. The fourth-order valence-corrected chi connectivity index (χ4v) is 7.26. The zero-order valence-electron chi connectivity index (χ0n) is 22.9. The van der Waals surface area contributed by atoms with Crippen LogP contribution < -0.4 is 4.74 Å².